The first-order valence-electron chi connectivity index (χ1n) is 9.90. The third-order valence-corrected chi connectivity index (χ3v) is 4.85. The number of nitrogens with one attached hydrogen (secondary N) is 2. The smallest absolute Gasteiger partial charge is 0.107 e. The summed E-state index contributed by atoms with van der Waals surface area (Å²) in [6, 6.07) is 8.24. The number of nitrogen functional groups attached to an aromatic ring is 1. The monoisotopic (exact) mass is 341 g/mol. The third kappa shape index (κ3) is 6.68. The maximum absolute atomic E-state index is 5.76. The van der Waals surface area contributed by atoms with Crippen LogP contribution in [0.5, 0.6) is 0 Å². The molecule has 0 aliphatic heterocycles. The molecule has 0 heterocycles. The molecule has 0 fully saturated rings. The molecule has 0 saturated carbocycles. The van der Waals surface area contributed by atoms with Crippen LogP contribution in [0.3, 0.4) is 0 Å². The van der Waals surface area contributed by atoms with E-state index in [4.69, 9.17) is 5.73 Å². The molecule has 3 heteroatoms. The summed E-state index contributed by atoms with van der Waals surface area (Å²) in [5, 5.41) is 7.39. The quantitative estimate of drug-likeness (QED) is 0.242. The second-order valence-corrected chi connectivity index (χ2v) is 7.09. The van der Waals surface area contributed by atoms with Crippen LogP contribution in [-0.2, 0) is 6.42 Å². The normalized spacial score (nSPS) is 16.4. The number of hydrogen-bond donors (Lipinski definition) is 3. The number of hydrogen-bond acceptors (Lipinski definition) is 3. The largest absolute Gasteiger partial charge is 0.399 e. The summed E-state index contributed by atoms with van der Waals surface area (Å²) in [7, 11) is 0. The molecule has 0 radical (unpaired) electrons. The van der Waals surface area contributed by atoms with Crippen LogP contribution < -0.4 is 16.4 Å². The summed E-state index contributed by atoms with van der Waals surface area (Å²) in [6.07, 6.45) is 16.4. The van der Waals surface area contributed by atoms with E-state index in [1.165, 1.54) is 31.2 Å². The molecule has 0 unspecified atom stereocenters. The van der Waals surface area contributed by atoms with Crippen molar-refractivity contribution in [1.82, 2.24) is 10.6 Å². The Morgan fingerprint density at radius 3 is 2.00 bits per heavy atom. The van der Waals surface area contributed by atoms with Crippen LogP contribution >= 0.6 is 0 Å². The van der Waals surface area contributed by atoms with Gasteiger partial charge in [-0.3, -0.25) is 10.6 Å². The van der Waals surface area contributed by atoms with Gasteiger partial charge in [-0.1, -0.05) is 51.0 Å². The molecule has 1 aromatic carbocycles. The number of unbranched alkanes of at least 4 members (excludes halogenated alkanes) is 2. The Bertz CT molecular complexity index is 519. The van der Waals surface area contributed by atoms with Crippen LogP contribution in [0.2, 0.25) is 0 Å². The van der Waals surface area contributed by atoms with Crippen LogP contribution in [0, 0.1) is 5.92 Å². The minimum atomic E-state index is -0.165. The fourth-order valence-corrected chi connectivity index (χ4v) is 3.12. The lowest BCUT2D eigenvalue weighted by Gasteiger charge is -2.33. The zero-order chi connectivity index (χ0) is 18.0. The third-order valence-electron chi connectivity index (χ3n) is 4.85. The predicted octanol–water partition coefficient (Wildman–Crippen LogP) is 4.42. The number of benzene rings is 1. The Morgan fingerprint density at radius 1 is 0.920 bits per heavy atom. The Morgan fingerprint density at radius 2 is 1.48 bits per heavy atom. The molecule has 0 aromatic heterocycles. The van der Waals surface area contributed by atoms with Gasteiger partial charge in [0, 0.05) is 5.69 Å². The van der Waals surface area contributed by atoms with Gasteiger partial charge in [0.1, 0.15) is 5.66 Å². The molecule has 25 heavy (non-hydrogen) atoms. The van der Waals surface area contributed by atoms with Gasteiger partial charge in [-0.15, -0.1) is 0 Å². The van der Waals surface area contributed by atoms with Gasteiger partial charge in [0.05, 0.1) is 0 Å². The SMILES string of the molecule is CCCCNC1(NCCCC)C=CC(CCc2ccc(N)cc2)C=C1. The van der Waals surface area contributed by atoms with Crippen molar-refractivity contribution in [3.05, 3.63) is 54.1 Å². The first-order valence-corrected chi connectivity index (χ1v) is 9.90. The minimum absolute atomic E-state index is 0.165. The van der Waals surface area contributed by atoms with Crippen molar-refractivity contribution < 1.29 is 0 Å². The summed E-state index contributed by atoms with van der Waals surface area (Å²) in [4.78, 5) is 0. The molecule has 0 amide bonds. The highest BCUT2D eigenvalue weighted by molar-refractivity contribution is 5.39. The Labute approximate surface area is 153 Å². The van der Waals surface area contributed by atoms with Gasteiger partial charge in [-0.25, -0.2) is 0 Å². The lowest BCUT2D eigenvalue weighted by atomic mass is 9.91. The number of nitrogens with two attached hydrogens (primary N) is 1. The van der Waals surface area contributed by atoms with E-state index in [1.54, 1.807) is 0 Å². The molecular formula is C22H35N3. The van der Waals surface area contributed by atoms with Crippen molar-refractivity contribution in [1.29, 1.82) is 0 Å². The molecule has 0 saturated heterocycles. The molecule has 1 aliphatic carbocycles. The first kappa shape index (κ1) is 19.7. The van der Waals surface area contributed by atoms with Crippen LogP contribution in [0.4, 0.5) is 5.69 Å². The van der Waals surface area contributed by atoms with Crippen molar-refractivity contribution in [2.24, 2.45) is 5.92 Å². The molecule has 0 spiro atoms. The first-order chi connectivity index (χ1) is 12.2. The fraction of sp³-hybridized carbons (Fsp3) is 0.545. The van der Waals surface area contributed by atoms with Gasteiger partial charge in [-0.05, 0) is 74.5 Å². The standard InChI is InChI=1S/C22H35N3/c1-3-5-17-24-22(25-18-6-4-2)15-13-20(14-16-22)8-7-19-9-11-21(23)12-10-19/h9-16,20,24-25H,3-8,17-18,23H2,1-2H3. The van der Waals surface area contributed by atoms with Gasteiger partial charge in [0.25, 0.3) is 0 Å². The fourth-order valence-electron chi connectivity index (χ4n) is 3.12. The van der Waals surface area contributed by atoms with E-state index in [0.29, 0.717) is 5.92 Å². The molecule has 1 aromatic rings. The van der Waals surface area contributed by atoms with Crippen molar-refractivity contribution in [2.75, 3.05) is 18.8 Å². The van der Waals surface area contributed by atoms with E-state index in [9.17, 15) is 0 Å². The molecule has 2 rings (SSSR count). The predicted molar refractivity (Wildman–Crippen MR) is 109 cm³/mol. The Hall–Kier alpha value is -1.58. The summed E-state index contributed by atoms with van der Waals surface area (Å²) in [5.74, 6) is 0.506. The molecule has 4 N–H and O–H groups in total. The summed E-state index contributed by atoms with van der Waals surface area (Å²) >= 11 is 0. The van der Waals surface area contributed by atoms with Crippen molar-refractivity contribution in [3.63, 3.8) is 0 Å². The highest BCUT2D eigenvalue weighted by Gasteiger charge is 2.25. The molecule has 0 bridgehead atoms. The Kier molecular flexibility index (Phi) is 8.23. The van der Waals surface area contributed by atoms with Crippen LogP contribution in [0.25, 0.3) is 0 Å². The van der Waals surface area contributed by atoms with Gasteiger partial charge < -0.3 is 5.73 Å². The Balaban J connectivity index is 1.88. The maximum atomic E-state index is 5.76. The van der Waals surface area contributed by atoms with E-state index in [0.717, 1.165) is 31.6 Å². The second kappa shape index (κ2) is 10.4. The maximum Gasteiger partial charge on any atom is 0.107 e. The summed E-state index contributed by atoms with van der Waals surface area (Å²) < 4.78 is 0. The van der Waals surface area contributed by atoms with E-state index in [-0.39, 0.29) is 5.66 Å². The molecule has 0 atom stereocenters. The van der Waals surface area contributed by atoms with E-state index in [1.807, 2.05) is 12.1 Å². The van der Waals surface area contributed by atoms with E-state index < -0.39 is 0 Å². The van der Waals surface area contributed by atoms with Crippen LogP contribution in [0.15, 0.2) is 48.6 Å². The van der Waals surface area contributed by atoms with Crippen molar-refractivity contribution in [2.45, 2.75) is 58.0 Å². The molecule has 3 nitrogen and oxygen atoms in total. The lowest BCUT2D eigenvalue weighted by molar-refractivity contribution is 0.379. The number of anilines is 1. The highest BCUT2D eigenvalue weighted by Crippen LogP contribution is 2.21. The van der Waals surface area contributed by atoms with E-state index >= 15 is 0 Å². The van der Waals surface area contributed by atoms with Crippen molar-refractivity contribution >= 4 is 5.69 Å². The number of allylic oxidation sites excluding steroid dienone is 2. The molecular weight excluding hydrogens is 306 g/mol. The number of rotatable bonds is 11. The summed E-state index contributed by atoms with van der Waals surface area (Å²) in [5.41, 5.74) is 7.79. The molecule has 138 valence electrons. The van der Waals surface area contributed by atoms with Gasteiger partial charge in [0.15, 0.2) is 0 Å². The van der Waals surface area contributed by atoms with Crippen LogP contribution in [0.1, 0.15) is 51.5 Å². The van der Waals surface area contributed by atoms with Crippen molar-refractivity contribution in [3.8, 4) is 0 Å². The van der Waals surface area contributed by atoms with Gasteiger partial charge in [-0.2, -0.15) is 0 Å². The van der Waals surface area contributed by atoms with Crippen LogP contribution in [-0.4, -0.2) is 18.8 Å². The molecule has 1 aliphatic rings. The minimum Gasteiger partial charge on any atom is -0.399 e. The zero-order valence-electron chi connectivity index (χ0n) is 15.9. The lowest BCUT2D eigenvalue weighted by Crippen LogP contribution is -2.55. The number of aryl methyl sites for hydroxylation is 1. The average molecular weight is 342 g/mol. The topological polar surface area (TPSA) is 50.1 Å². The second-order valence-electron chi connectivity index (χ2n) is 7.09. The van der Waals surface area contributed by atoms with Gasteiger partial charge >= 0.3 is 0 Å². The average Bonchev–Trinajstić information content (AvgIpc) is 2.63. The van der Waals surface area contributed by atoms with Gasteiger partial charge in [0.2, 0.25) is 0 Å². The van der Waals surface area contributed by atoms with E-state index in [2.05, 4.69) is 60.9 Å². The summed E-state index contributed by atoms with van der Waals surface area (Å²) in [6.45, 7) is 6.55. The highest BCUT2D eigenvalue weighted by atomic mass is 15.2. The zero-order valence-corrected chi connectivity index (χ0v) is 15.9.